The number of hydrogen-bond donors (Lipinski definition) is 1. The van der Waals surface area contributed by atoms with E-state index in [1.807, 2.05) is 19.1 Å². The van der Waals surface area contributed by atoms with Crippen LogP contribution in [0.3, 0.4) is 0 Å². The number of rotatable bonds is 19. The van der Waals surface area contributed by atoms with E-state index < -0.39 is 38.5 Å². The number of aromatic nitrogens is 4. The summed E-state index contributed by atoms with van der Waals surface area (Å²) in [6.45, 7) is 15.3. The SMILES string of the molecule is C#C[C@]1(OC(=O)c2ccccc2C)O[C@@H](n2cnc3c(NCCCCCCCCCCCCCC)nc(F)nc32)C[C@@H]1O[Si](C)(C)C(C)(C)C. The molecule has 3 aromatic rings. The Labute approximate surface area is 299 Å². The molecule has 0 bridgehead atoms. The largest absolute Gasteiger partial charge is 0.415 e. The van der Waals surface area contributed by atoms with Gasteiger partial charge in [-0.2, -0.15) is 14.4 Å². The number of anilines is 1. The number of halogens is 1. The van der Waals surface area contributed by atoms with E-state index in [-0.39, 0.29) is 17.1 Å². The van der Waals surface area contributed by atoms with Gasteiger partial charge in [0.1, 0.15) is 12.3 Å². The Morgan fingerprint density at radius 2 is 1.68 bits per heavy atom. The van der Waals surface area contributed by atoms with Gasteiger partial charge < -0.3 is 19.2 Å². The van der Waals surface area contributed by atoms with E-state index in [0.29, 0.717) is 23.4 Å². The van der Waals surface area contributed by atoms with Crippen LogP contribution in [-0.2, 0) is 13.9 Å². The van der Waals surface area contributed by atoms with Crippen LogP contribution < -0.4 is 5.32 Å². The lowest BCUT2D eigenvalue weighted by molar-refractivity contribution is -0.195. The molecule has 1 N–H and O–H groups in total. The van der Waals surface area contributed by atoms with E-state index in [0.717, 1.165) is 18.4 Å². The number of terminal acetylenes is 1. The molecule has 0 amide bonds. The second-order valence-corrected chi connectivity index (χ2v) is 19.9. The maximum Gasteiger partial charge on any atom is 0.341 e. The summed E-state index contributed by atoms with van der Waals surface area (Å²) >= 11 is 0. The summed E-state index contributed by atoms with van der Waals surface area (Å²) in [4.78, 5) is 26.2. The number of ether oxygens (including phenoxy) is 2. The topological polar surface area (TPSA) is 100 Å². The second kappa shape index (κ2) is 17.7. The highest BCUT2D eigenvalue weighted by atomic mass is 28.4. The van der Waals surface area contributed by atoms with Crippen molar-refractivity contribution < 1.29 is 23.1 Å². The summed E-state index contributed by atoms with van der Waals surface area (Å²) in [5.74, 6) is 0.512. The Morgan fingerprint density at radius 1 is 1.06 bits per heavy atom. The minimum atomic E-state index is -2.43. The van der Waals surface area contributed by atoms with Gasteiger partial charge in [0.2, 0.25) is 0 Å². The van der Waals surface area contributed by atoms with Gasteiger partial charge in [0, 0.05) is 13.0 Å². The summed E-state index contributed by atoms with van der Waals surface area (Å²) in [5.41, 5.74) is 1.80. The molecule has 274 valence electrons. The molecular formula is C39H58FN5O4Si. The van der Waals surface area contributed by atoms with E-state index in [1.54, 1.807) is 16.7 Å². The van der Waals surface area contributed by atoms with Crippen LogP contribution in [0.1, 0.15) is 133 Å². The molecule has 0 radical (unpaired) electrons. The molecule has 3 atom stereocenters. The van der Waals surface area contributed by atoms with Crippen molar-refractivity contribution in [3.05, 3.63) is 47.8 Å². The molecule has 9 nitrogen and oxygen atoms in total. The molecule has 0 aliphatic carbocycles. The molecule has 1 aliphatic rings. The first-order chi connectivity index (χ1) is 23.8. The van der Waals surface area contributed by atoms with Crippen molar-refractivity contribution in [3.63, 3.8) is 0 Å². The Bertz CT molecular complexity index is 1600. The van der Waals surface area contributed by atoms with Gasteiger partial charge >= 0.3 is 17.8 Å². The lowest BCUT2D eigenvalue weighted by Gasteiger charge is -2.40. The van der Waals surface area contributed by atoms with Gasteiger partial charge in [0.05, 0.1) is 11.9 Å². The number of carbonyl (C=O) groups excluding carboxylic acids is 1. The first-order valence-corrected chi connectivity index (χ1v) is 21.5. The molecule has 11 heteroatoms. The first-order valence-electron chi connectivity index (χ1n) is 18.6. The standard InChI is InChI=1S/C39H58FN5O4Si/c1-9-11-12-13-14-15-16-17-18-19-20-23-26-41-34-33-35(44-37(40)43-34)45(28-42-33)32-27-31(49-50(7,8)38(4,5)6)39(10-2,47-32)48-36(46)30-25-22-21-24-29(30)3/h2,21-22,24-25,28,31-32H,9,11-20,23,26-27H2,1,3-8H3,(H,41,43,44)/t31-,32+,39+/m0/s1. The molecule has 1 aliphatic heterocycles. The average Bonchev–Trinajstić information content (AvgIpc) is 3.64. The third kappa shape index (κ3) is 9.92. The molecule has 0 spiro atoms. The smallest absolute Gasteiger partial charge is 0.341 e. The van der Waals surface area contributed by atoms with Gasteiger partial charge in [-0.1, -0.05) is 117 Å². The fourth-order valence-corrected chi connectivity index (χ4v) is 7.45. The normalized spacial score (nSPS) is 19.5. The van der Waals surface area contributed by atoms with Crippen molar-refractivity contribution in [2.24, 2.45) is 0 Å². The number of aryl methyl sites for hydroxylation is 1. The number of unbranched alkanes of at least 4 members (excludes halogenated alkanes) is 11. The highest BCUT2D eigenvalue weighted by molar-refractivity contribution is 6.74. The van der Waals surface area contributed by atoms with Crippen molar-refractivity contribution in [2.45, 2.75) is 154 Å². The molecule has 4 rings (SSSR count). The number of carbonyl (C=O) groups is 1. The van der Waals surface area contributed by atoms with Gasteiger partial charge in [-0.3, -0.25) is 4.57 Å². The van der Waals surface area contributed by atoms with E-state index >= 15 is 0 Å². The summed E-state index contributed by atoms with van der Waals surface area (Å²) in [6.07, 6.45) is 20.6. The molecule has 2 aromatic heterocycles. The predicted molar refractivity (Wildman–Crippen MR) is 200 cm³/mol. The molecule has 50 heavy (non-hydrogen) atoms. The third-order valence-corrected chi connectivity index (χ3v) is 14.7. The average molecular weight is 708 g/mol. The van der Waals surface area contributed by atoms with E-state index in [9.17, 15) is 9.18 Å². The van der Waals surface area contributed by atoms with Crippen LogP contribution in [0.25, 0.3) is 11.2 Å². The monoisotopic (exact) mass is 707 g/mol. The fraction of sp³-hybridized carbons (Fsp3) is 0.641. The van der Waals surface area contributed by atoms with Crippen LogP contribution in [0, 0.1) is 25.3 Å². The molecule has 0 saturated carbocycles. The van der Waals surface area contributed by atoms with Crippen LogP contribution in [0.4, 0.5) is 10.2 Å². The number of fused-ring (bicyclic) bond motifs is 1. The third-order valence-electron chi connectivity index (χ3n) is 10.2. The zero-order valence-corrected chi connectivity index (χ0v) is 32.3. The number of imidazole rings is 1. The lowest BCUT2D eigenvalue weighted by atomic mass is 10.1. The quantitative estimate of drug-likeness (QED) is 0.0432. The molecule has 1 fully saturated rings. The minimum absolute atomic E-state index is 0.155. The molecule has 1 aromatic carbocycles. The van der Waals surface area contributed by atoms with Gasteiger partial charge in [-0.25, -0.2) is 9.78 Å². The van der Waals surface area contributed by atoms with Crippen molar-refractivity contribution in [1.29, 1.82) is 0 Å². The Balaban J connectivity index is 1.44. The van der Waals surface area contributed by atoms with Crippen molar-refractivity contribution >= 4 is 31.3 Å². The zero-order chi connectivity index (χ0) is 36.4. The van der Waals surface area contributed by atoms with Crippen LogP contribution in [0.15, 0.2) is 30.6 Å². The fourth-order valence-electron chi connectivity index (χ4n) is 6.13. The van der Waals surface area contributed by atoms with Crippen molar-refractivity contribution in [3.8, 4) is 12.3 Å². The van der Waals surface area contributed by atoms with Gasteiger partial charge in [-0.15, -0.1) is 6.42 Å². The summed E-state index contributed by atoms with van der Waals surface area (Å²) in [6, 6.07) is 7.13. The molecule has 0 unspecified atom stereocenters. The summed E-state index contributed by atoms with van der Waals surface area (Å²) < 4.78 is 35.8. The first kappa shape index (κ1) is 39.5. The van der Waals surface area contributed by atoms with Crippen LogP contribution >= 0.6 is 0 Å². The molecule has 3 heterocycles. The molecule has 1 saturated heterocycles. The molecular weight excluding hydrogens is 650 g/mol. The summed E-state index contributed by atoms with van der Waals surface area (Å²) in [5, 5.41) is 3.12. The Kier molecular flexibility index (Phi) is 14.0. The number of benzene rings is 1. The van der Waals surface area contributed by atoms with Gasteiger partial charge in [0.15, 0.2) is 25.3 Å². The van der Waals surface area contributed by atoms with Crippen LogP contribution in [0.5, 0.6) is 0 Å². The van der Waals surface area contributed by atoms with E-state index in [4.69, 9.17) is 20.3 Å². The Morgan fingerprint density at radius 3 is 2.28 bits per heavy atom. The zero-order valence-electron chi connectivity index (χ0n) is 31.3. The van der Waals surface area contributed by atoms with E-state index in [1.165, 1.54) is 70.5 Å². The van der Waals surface area contributed by atoms with Gasteiger partial charge in [0.25, 0.3) is 0 Å². The van der Waals surface area contributed by atoms with E-state index in [2.05, 4.69) is 67.0 Å². The number of nitrogens with zero attached hydrogens (tertiary/aromatic N) is 4. The number of nitrogens with one attached hydrogen (secondary N) is 1. The van der Waals surface area contributed by atoms with Crippen molar-refractivity contribution in [1.82, 2.24) is 19.5 Å². The maximum atomic E-state index is 14.9. The lowest BCUT2D eigenvalue weighted by Crippen LogP contribution is -2.52. The highest BCUT2D eigenvalue weighted by Crippen LogP contribution is 2.46. The second-order valence-electron chi connectivity index (χ2n) is 15.2. The van der Waals surface area contributed by atoms with Crippen LogP contribution in [-0.4, -0.2) is 52.2 Å². The highest BCUT2D eigenvalue weighted by Gasteiger charge is 2.56. The number of esters is 1. The Hall–Kier alpha value is -3.33. The minimum Gasteiger partial charge on any atom is -0.415 e. The predicted octanol–water partition coefficient (Wildman–Crippen LogP) is 9.88. The number of hydrogen-bond acceptors (Lipinski definition) is 8. The van der Waals surface area contributed by atoms with Crippen molar-refractivity contribution in [2.75, 3.05) is 11.9 Å². The van der Waals surface area contributed by atoms with Gasteiger partial charge in [-0.05, 0) is 49.0 Å². The summed E-state index contributed by atoms with van der Waals surface area (Å²) in [7, 11) is -2.43. The van der Waals surface area contributed by atoms with Crippen LogP contribution in [0.2, 0.25) is 18.1 Å². The maximum absolute atomic E-state index is 14.9.